The van der Waals surface area contributed by atoms with Crippen LogP contribution in [0.25, 0.3) is 5.82 Å². The summed E-state index contributed by atoms with van der Waals surface area (Å²) in [6.45, 7) is 3.24. The number of hydrogen-bond donors (Lipinski definition) is 1. The van der Waals surface area contributed by atoms with E-state index in [2.05, 4.69) is 15.1 Å². The van der Waals surface area contributed by atoms with Gasteiger partial charge in [-0.2, -0.15) is 10.1 Å². The fraction of sp³-hybridized carbons (Fsp3) is 0.273. The number of nitrogens with two attached hydrogens (primary N) is 1. The van der Waals surface area contributed by atoms with E-state index >= 15 is 0 Å². The third-order valence-electron chi connectivity index (χ3n) is 2.33. The average molecular weight is 282 g/mol. The van der Waals surface area contributed by atoms with Gasteiger partial charge in [0.25, 0.3) is 0 Å². The van der Waals surface area contributed by atoms with Crippen molar-refractivity contribution in [3.05, 3.63) is 23.1 Å². The summed E-state index contributed by atoms with van der Waals surface area (Å²) in [5.41, 5.74) is 6.24. The Morgan fingerprint density at radius 1 is 1.53 bits per heavy atom. The van der Waals surface area contributed by atoms with E-state index in [4.69, 9.17) is 22.1 Å². The number of carbonyl (C=O) groups excluding carboxylic acids is 1. The second-order valence-corrected chi connectivity index (χ2v) is 4.11. The van der Waals surface area contributed by atoms with Gasteiger partial charge in [0.1, 0.15) is 5.15 Å². The molecule has 8 heteroatoms. The smallest absolute Gasteiger partial charge is 0.308 e. The first-order valence-corrected chi connectivity index (χ1v) is 5.94. The van der Waals surface area contributed by atoms with Crippen molar-refractivity contribution >= 4 is 23.5 Å². The SMILES string of the molecule is CCc1c(OC(C)=O)cnn1-c1cc(Cl)nc(N)n1. The third-order valence-corrected chi connectivity index (χ3v) is 2.53. The van der Waals surface area contributed by atoms with Crippen LogP contribution in [0.15, 0.2) is 12.3 Å². The molecule has 0 saturated carbocycles. The number of esters is 1. The molecule has 7 nitrogen and oxygen atoms in total. The van der Waals surface area contributed by atoms with Crippen LogP contribution in [0.1, 0.15) is 19.5 Å². The standard InChI is InChI=1S/C11H12ClN5O2/c1-3-7-8(19-6(2)18)5-14-17(7)10-4-9(12)15-11(13)16-10/h4-5H,3H2,1-2H3,(H2,13,15,16). The maximum atomic E-state index is 11.0. The number of rotatable bonds is 3. The van der Waals surface area contributed by atoms with Crippen molar-refractivity contribution in [3.8, 4) is 11.6 Å². The average Bonchev–Trinajstić information content (AvgIpc) is 2.69. The largest absolute Gasteiger partial charge is 0.423 e. The Hall–Kier alpha value is -2.15. The Morgan fingerprint density at radius 2 is 2.26 bits per heavy atom. The van der Waals surface area contributed by atoms with E-state index < -0.39 is 5.97 Å². The van der Waals surface area contributed by atoms with Gasteiger partial charge < -0.3 is 10.5 Å². The molecule has 0 spiro atoms. The molecule has 0 aliphatic heterocycles. The molecule has 19 heavy (non-hydrogen) atoms. The highest BCUT2D eigenvalue weighted by molar-refractivity contribution is 6.29. The summed E-state index contributed by atoms with van der Waals surface area (Å²) < 4.78 is 6.59. The van der Waals surface area contributed by atoms with Gasteiger partial charge in [-0.15, -0.1) is 0 Å². The zero-order chi connectivity index (χ0) is 14.0. The summed E-state index contributed by atoms with van der Waals surface area (Å²) in [7, 11) is 0. The monoisotopic (exact) mass is 281 g/mol. The lowest BCUT2D eigenvalue weighted by molar-refractivity contribution is -0.131. The van der Waals surface area contributed by atoms with E-state index in [1.54, 1.807) is 0 Å². The molecular formula is C11H12ClN5O2. The van der Waals surface area contributed by atoms with E-state index in [0.29, 0.717) is 23.7 Å². The van der Waals surface area contributed by atoms with Gasteiger partial charge in [0.05, 0.1) is 11.9 Å². The highest BCUT2D eigenvalue weighted by atomic mass is 35.5. The Bertz CT molecular complexity index is 605. The molecule has 0 aromatic carbocycles. The number of ether oxygens (including phenoxy) is 1. The van der Waals surface area contributed by atoms with Crippen molar-refractivity contribution in [2.24, 2.45) is 0 Å². The Labute approximate surface area is 114 Å². The van der Waals surface area contributed by atoms with E-state index in [1.165, 1.54) is 23.9 Å². The minimum absolute atomic E-state index is 0.0501. The first-order chi connectivity index (χ1) is 9.01. The van der Waals surface area contributed by atoms with Crippen molar-refractivity contribution < 1.29 is 9.53 Å². The normalized spacial score (nSPS) is 10.5. The summed E-state index contributed by atoms with van der Waals surface area (Å²) in [5.74, 6) is 0.458. The molecule has 0 saturated heterocycles. The molecule has 0 atom stereocenters. The molecule has 0 bridgehead atoms. The predicted octanol–water partition coefficient (Wildman–Crippen LogP) is 1.39. The topological polar surface area (TPSA) is 95.9 Å². The molecule has 2 aromatic rings. The maximum Gasteiger partial charge on any atom is 0.308 e. The number of nitrogen functional groups attached to an aromatic ring is 1. The lowest BCUT2D eigenvalue weighted by atomic mass is 10.3. The van der Waals surface area contributed by atoms with Gasteiger partial charge in [0.2, 0.25) is 5.95 Å². The Morgan fingerprint density at radius 3 is 2.84 bits per heavy atom. The van der Waals surface area contributed by atoms with Gasteiger partial charge in [0, 0.05) is 13.0 Å². The van der Waals surface area contributed by atoms with Gasteiger partial charge in [-0.05, 0) is 6.42 Å². The summed E-state index contributed by atoms with van der Waals surface area (Å²) in [5, 5.41) is 4.34. The summed E-state index contributed by atoms with van der Waals surface area (Å²) >= 11 is 5.83. The molecule has 0 unspecified atom stereocenters. The summed E-state index contributed by atoms with van der Waals surface area (Å²) in [4.78, 5) is 18.8. The number of carbonyl (C=O) groups is 1. The second kappa shape index (κ2) is 5.23. The first kappa shape index (κ1) is 13.3. The number of halogens is 1. The number of hydrogen-bond acceptors (Lipinski definition) is 6. The van der Waals surface area contributed by atoms with Crippen molar-refractivity contribution in [3.63, 3.8) is 0 Å². The first-order valence-electron chi connectivity index (χ1n) is 5.57. The third kappa shape index (κ3) is 2.82. The van der Waals surface area contributed by atoms with E-state index in [0.717, 1.165) is 0 Å². The molecule has 2 heterocycles. The zero-order valence-corrected chi connectivity index (χ0v) is 11.2. The van der Waals surface area contributed by atoms with Crippen LogP contribution in [0.3, 0.4) is 0 Å². The highest BCUT2D eigenvalue weighted by Crippen LogP contribution is 2.22. The minimum Gasteiger partial charge on any atom is -0.423 e. The van der Waals surface area contributed by atoms with E-state index in [9.17, 15) is 4.79 Å². The summed E-state index contributed by atoms with van der Waals surface area (Å²) in [6, 6.07) is 1.53. The van der Waals surface area contributed by atoms with Gasteiger partial charge in [0.15, 0.2) is 11.6 Å². The molecule has 2 rings (SSSR count). The molecule has 100 valence electrons. The van der Waals surface area contributed by atoms with Crippen molar-refractivity contribution in [2.75, 3.05) is 5.73 Å². The predicted molar refractivity (Wildman–Crippen MR) is 69.3 cm³/mol. The number of aromatic nitrogens is 4. The van der Waals surface area contributed by atoms with Gasteiger partial charge in [-0.25, -0.2) is 9.67 Å². The number of anilines is 1. The fourth-order valence-corrected chi connectivity index (χ4v) is 1.84. The fourth-order valence-electron chi connectivity index (χ4n) is 1.65. The minimum atomic E-state index is -0.408. The van der Waals surface area contributed by atoms with Crippen LogP contribution in [-0.4, -0.2) is 25.7 Å². The molecule has 0 fully saturated rings. The van der Waals surface area contributed by atoms with Gasteiger partial charge in [-0.3, -0.25) is 4.79 Å². The van der Waals surface area contributed by atoms with Crippen LogP contribution in [-0.2, 0) is 11.2 Å². The van der Waals surface area contributed by atoms with Crippen LogP contribution >= 0.6 is 11.6 Å². The van der Waals surface area contributed by atoms with Crippen LogP contribution in [0, 0.1) is 0 Å². The molecule has 2 N–H and O–H groups in total. The van der Waals surface area contributed by atoms with E-state index in [1.807, 2.05) is 6.92 Å². The molecule has 0 aliphatic rings. The van der Waals surface area contributed by atoms with Gasteiger partial charge in [-0.1, -0.05) is 18.5 Å². The van der Waals surface area contributed by atoms with Crippen LogP contribution in [0.2, 0.25) is 5.15 Å². The van der Waals surface area contributed by atoms with Crippen molar-refractivity contribution in [1.82, 2.24) is 19.7 Å². The number of nitrogens with zero attached hydrogens (tertiary/aromatic N) is 4. The molecule has 2 aromatic heterocycles. The van der Waals surface area contributed by atoms with Crippen LogP contribution in [0.4, 0.5) is 5.95 Å². The van der Waals surface area contributed by atoms with Gasteiger partial charge >= 0.3 is 5.97 Å². The quantitative estimate of drug-likeness (QED) is 0.674. The van der Waals surface area contributed by atoms with Crippen molar-refractivity contribution in [1.29, 1.82) is 0 Å². The van der Waals surface area contributed by atoms with Crippen LogP contribution < -0.4 is 10.5 Å². The molecular weight excluding hydrogens is 270 g/mol. The lowest BCUT2D eigenvalue weighted by Gasteiger charge is -2.07. The molecule has 0 amide bonds. The molecule has 0 radical (unpaired) electrons. The Kier molecular flexibility index (Phi) is 3.66. The summed E-state index contributed by atoms with van der Waals surface area (Å²) in [6.07, 6.45) is 2.05. The van der Waals surface area contributed by atoms with E-state index in [-0.39, 0.29) is 11.1 Å². The highest BCUT2D eigenvalue weighted by Gasteiger charge is 2.15. The van der Waals surface area contributed by atoms with Crippen molar-refractivity contribution in [2.45, 2.75) is 20.3 Å². The second-order valence-electron chi connectivity index (χ2n) is 3.72. The zero-order valence-electron chi connectivity index (χ0n) is 10.4. The lowest BCUT2D eigenvalue weighted by Crippen LogP contribution is -2.08. The maximum absolute atomic E-state index is 11.0. The Balaban J connectivity index is 2.50. The molecule has 0 aliphatic carbocycles. The van der Waals surface area contributed by atoms with Crippen LogP contribution in [0.5, 0.6) is 5.75 Å².